The van der Waals surface area contributed by atoms with Crippen molar-refractivity contribution >= 4 is 34.5 Å². The van der Waals surface area contributed by atoms with Gasteiger partial charge in [-0.15, -0.1) is 0 Å². The van der Waals surface area contributed by atoms with E-state index in [0.717, 1.165) is 23.6 Å². The molecule has 0 unspecified atom stereocenters. The lowest BCUT2D eigenvalue weighted by atomic mass is 10.0. The molecule has 1 saturated heterocycles. The fraction of sp³-hybridized carbons (Fsp3) is 0.333. The molecule has 3 rings (SSSR count). The number of amides is 3. The number of nitrogens with zero attached hydrogens (tertiary/aromatic N) is 1. The average Bonchev–Trinajstić information content (AvgIpc) is 2.75. The molecule has 8 nitrogen and oxygen atoms in total. The summed E-state index contributed by atoms with van der Waals surface area (Å²) in [5.74, 6) is -2.18. The van der Waals surface area contributed by atoms with Crippen molar-refractivity contribution in [3.63, 3.8) is 0 Å². The number of fused-ring (bicyclic) bond motifs is 1. The second-order valence-corrected chi connectivity index (χ2v) is 6.91. The second kappa shape index (κ2) is 9.18. The lowest BCUT2D eigenvalue weighted by Gasteiger charge is -2.33. The zero-order valence-corrected chi connectivity index (χ0v) is 15.9. The number of ether oxygens (including phenoxy) is 1. The molecule has 0 spiro atoms. The summed E-state index contributed by atoms with van der Waals surface area (Å²) in [6.45, 7) is -0.449. The maximum Gasteiger partial charge on any atom is 0.325 e. The lowest BCUT2D eigenvalue weighted by molar-refractivity contribution is -0.154. The second-order valence-electron chi connectivity index (χ2n) is 6.91. The van der Waals surface area contributed by atoms with Gasteiger partial charge in [-0.25, -0.2) is 0 Å². The third-order valence-electron chi connectivity index (χ3n) is 4.91. The van der Waals surface area contributed by atoms with Gasteiger partial charge in [0.15, 0.2) is 6.61 Å². The van der Waals surface area contributed by atoms with Crippen LogP contribution in [-0.2, 0) is 19.1 Å². The lowest BCUT2D eigenvalue weighted by Crippen LogP contribution is -2.51. The van der Waals surface area contributed by atoms with E-state index in [2.05, 4.69) is 5.32 Å². The van der Waals surface area contributed by atoms with Gasteiger partial charge in [0.2, 0.25) is 5.91 Å². The Kier molecular flexibility index (Phi) is 6.43. The molecule has 1 atom stereocenters. The van der Waals surface area contributed by atoms with Gasteiger partial charge in [-0.2, -0.15) is 0 Å². The summed E-state index contributed by atoms with van der Waals surface area (Å²) in [5.41, 5.74) is 5.76. The van der Waals surface area contributed by atoms with E-state index in [4.69, 9.17) is 10.5 Å². The Morgan fingerprint density at radius 2 is 1.83 bits per heavy atom. The predicted octanol–water partition coefficient (Wildman–Crippen LogP) is 0.979. The summed E-state index contributed by atoms with van der Waals surface area (Å²) in [6.07, 6.45) is 2.10. The van der Waals surface area contributed by atoms with Crippen LogP contribution in [0.4, 0.5) is 0 Å². The molecule has 0 saturated carbocycles. The minimum Gasteiger partial charge on any atom is -0.454 e. The van der Waals surface area contributed by atoms with Crippen LogP contribution < -0.4 is 11.1 Å². The highest BCUT2D eigenvalue weighted by Gasteiger charge is 2.30. The van der Waals surface area contributed by atoms with Crippen LogP contribution in [0.5, 0.6) is 0 Å². The molecule has 1 fully saturated rings. The number of carbonyl (C=O) groups excluding carboxylic acids is 4. The first-order valence-electron chi connectivity index (χ1n) is 9.47. The van der Waals surface area contributed by atoms with Crippen molar-refractivity contribution in [2.24, 2.45) is 5.73 Å². The molecule has 3 amide bonds. The Balaban J connectivity index is 1.48. The van der Waals surface area contributed by atoms with E-state index in [-0.39, 0.29) is 6.54 Å². The van der Waals surface area contributed by atoms with Crippen LogP contribution in [0.25, 0.3) is 10.8 Å². The summed E-state index contributed by atoms with van der Waals surface area (Å²) in [7, 11) is 0. The Morgan fingerprint density at radius 3 is 2.59 bits per heavy atom. The SMILES string of the molecule is NC(=O)[C@H]1CCCCN1C(=O)COC(=O)CNC(=O)c1ccc2ccccc2c1. The molecule has 29 heavy (non-hydrogen) atoms. The van der Waals surface area contributed by atoms with Crippen molar-refractivity contribution < 1.29 is 23.9 Å². The number of hydrogen-bond donors (Lipinski definition) is 2. The van der Waals surface area contributed by atoms with Crippen LogP contribution in [0.2, 0.25) is 0 Å². The monoisotopic (exact) mass is 397 g/mol. The number of piperidine rings is 1. The first-order chi connectivity index (χ1) is 14.0. The van der Waals surface area contributed by atoms with Crippen LogP contribution >= 0.6 is 0 Å². The summed E-state index contributed by atoms with van der Waals surface area (Å²) in [4.78, 5) is 49.2. The van der Waals surface area contributed by atoms with Crippen molar-refractivity contribution in [2.75, 3.05) is 19.7 Å². The molecule has 1 heterocycles. The van der Waals surface area contributed by atoms with Crippen molar-refractivity contribution in [3.8, 4) is 0 Å². The minimum absolute atomic E-state index is 0.363. The molecular formula is C21H23N3O5. The molecule has 0 bridgehead atoms. The molecule has 0 aromatic heterocycles. The third kappa shape index (κ3) is 5.10. The van der Waals surface area contributed by atoms with Gasteiger partial charge in [-0.1, -0.05) is 30.3 Å². The van der Waals surface area contributed by atoms with Crippen molar-refractivity contribution in [1.29, 1.82) is 0 Å². The van der Waals surface area contributed by atoms with E-state index in [1.165, 1.54) is 4.90 Å². The number of primary amides is 1. The van der Waals surface area contributed by atoms with Crippen molar-refractivity contribution in [1.82, 2.24) is 10.2 Å². The van der Waals surface area contributed by atoms with E-state index in [0.29, 0.717) is 18.5 Å². The van der Waals surface area contributed by atoms with Gasteiger partial charge in [0.1, 0.15) is 12.6 Å². The normalized spacial score (nSPS) is 16.3. The number of nitrogens with two attached hydrogens (primary N) is 1. The van der Waals surface area contributed by atoms with Gasteiger partial charge < -0.3 is 20.7 Å². The van der Waals surface area contributed by atoms with Gasteiger partial charge in [0, 0.05) is 12.1 Å². The first-order valence-corrected chi connectivity index (χ1v) is 9.47. The van der Waals surface area contributed by atoms with Gasteiger partial charge in [0.05, 0.1) is 0 Å². The zero-order chi connectivity index (χ0) is 20.8. The summed E-state index contributed by atoms with van der Waals surface area (Å²) in [5, 5.41) is 4.41. The van der Waals surface area contributed by atoms with Crippen LogP contribution in [-0.4, -0.2) is 54.3 Å². The minimum atomic E-state index is -0.736. The highest BCUT2D eigenvalue weighted by molar-refractivity contribution is 5.99. The van der Waals surface area contributed by atoms with Crippen molar-refractivity contribution in [2.45, 2.75) is 25.3 Å². The molecule has 1 aliphatic heterocycles. The largest absolute Gasteiger partial charge is 0.454 e. The maximum absolute atomic E-state index is 12.3. The number of nitrogens with one attached hydrogen (secondary N) is 1. The van der Waals surface area contributed by atoms with Crippen LogP contribution in [0, 0.1) is 0 Å². The van der Waals surface area contributed by atoms with Gasteiger partial charge in [-0.05, 0) is 42.2 Å². The molecule has 0 radical (unpaired) electrons. The standard InChI is InChI=1S/C21H23N3O5/c22-20(27)17-7-3-4-10-24(17)18(25)13-29-19(26)12-23-21(28)16-9-8-14-5-1-2-6-15(14)11-16/h1-2,5-6,8-9,11,17H,3-4,7,10,12-13H2,(H2,22,27)(H,23,28)/t17-/m1/s1. The number of likely N-dealkylation sites (tertiary alicyclic amines) is 1. The van der Waals surface area contributed by atoms with Crippen LogP contribution in [0.3, 0.4) is 0 Å². The maximum atomic E-state index is 12.3. The summed E-state index contributed by atoms with van der Waals surface area (Å²) >= 11 is 0. The van der Waals surface area contributed by atoms with Gasteiger partial charge in [-0.3, -0.25) is 19.2 Å². The molecule has 3 N–H and O–H groups in total. The van der Waals surface area contributed by atoms with Gasteiger partial charge >= 0.3 is 5.97 Å². The topological polar surface area (TPSA) is 119 Å². The first kappa shape index (κ1) is 20.3. The Morgan fingerprint density at radius 1 is 1.07 bits per heavy atom. The van der Waals surface area contributed by atoms with Crippen LogP contribution in [0.15, 0.2) is 42.5 Å². The molecular weight excluding hydrogens is 374 g/mol. The number of benzene rings is 2. The summed E-state index contributed by atoms with van der Waals surface area (Å²) in [6, 6.07) is 12.2. The summed E-state index contributed by atoms with van der Waals surface area (Å²) < 4.78 is 4.94. The number of hydrogen-bond acceptors (Lipinski definition) is 5. The van der Waals surface area contributed by atoms with E-state index in [1.54, 1.807) is 12.1 Å². The smallest absolute Gasteiger partial charge is 0.325 e. The third-order valence-corrected chi connectivity index (χ3v) is 4.91. The fourth-order valence-electron chi connectivity index (χ4n) is 3.39. The number of rotatable bonds is 6. The number of carbonyl (C=O) groups is 4. The zero-order valence-electron chi connectivity index (χ0n) is 15.9. The highest BCUT2D eigenvalue weighted by atomic mass is 16.5. The fourth-order valence-corrected chi connectivity index (χ4v) is 3.39. The average molecular weight is 397 g/mol. The number of esters is 1. The molecule has 2 aromatic rings. The molecule has 1 aliphatic rings. The Labute approximate surface area is 168 Å². The van der Waals surface area contributed by atoms with E-state index in [9.17, 15) is 19.2 Å². The molecule has 2 aromatic carbocycles. The molecule has 8 heteroatoms. The quantitative estimate of drug-likeness (QED) is 0.705. The van der Waals surface area contributed by atoms with E-state index in [1.807, 2.05) is 30.3 Å². The Hall–Kier alpha value is -3.42. The highest BCUT2D eigenvalue weighted by Crippen LogP contribution is 2.17. The molecule has 0 aliphatic carbocycles. The van der Waals surface area contributed by atoms with Gasteiger partial charge in [0.25, 0.3) is 11.8 Å². The van der Waals surface area contributed by atoms with E-state index < -0.39 is 36.3 Å². The van der Waals surface area contributed by atoms with Crippen molar-refractivity contribution in [3.05, 3.63) is 48.0 Å². The predicted molar refractivity (Wildman–Crippen MR) is 106 cm³/mol. The van der Waals surface area contributed by atoms with Crippen LogP contribution in [0.1, 0.15) is 29.6 Å². The Bertz CT molecular complexity index is 943. The molecule has 152 valence electrons. The van der Waals surface area contributed by atoms with E-state index >= 15 is 0 Å².